The second-order valence-corrected chi connectivity index (χ2v) is 8.22. The molecule has 36 heavy (non-hydrogen) atoms. The quantitative estimate of drug-likeness (QED) is 0.114. The maximum atomic E-state index is 11.9. The monoisotopic (exact) mass is 489 g/mol. The molecular weight excluding hydrogens is 458 g/mol. The van der Waals surface area contributed by atoms with E-state index in [2.05, 4.69) is 35.0 Å². The summed E-state index contributed by atoms with van der Waals surface area (Å²) >= 11 is 0. The van der Waals surface area contributed by atoms with Gasteiger partial charge in [0.05, 0.1) is 12.4 Å². The van der Waals surface area contributed by atoms with E-state index in [0.717, 1.165) is 29.9 Å². The lowest BCUT2D eigenvalue weighted by molar-refractivity contribution is -0.130. The minimum Gasteiger partial charge on any atom is -0.494 e. The molecule has 0 unspecified atom stereocenters. The molecular formula is C28H31N3O5. The fraction of sp³-hybridized carbons (Fsp3) is 0.286. The molecule has 3 rings (SSSR count). The summed E-state index contributed by atoms with van der Waals surface area (Å²) in [6.07, 6.45) is 4.71. The summed E-state index contributed by atoms with van der Waals surface area (Å²) in [4.78, 5) is 24.0. The average Bonchev–Trinajstić information content (AvgIpc) is 2.84. The Balaban J connectivity index is 1.67. The van der Waals surface area contributed by atoms with Crippen LogP contribution in [0.1, 0.15) is 46.5 Å². The number of unbranched alkanes of at least 4 members (excludes halogenated alkanes) is 3. The van der Waals surface area contributed by atoms with Crippen LogP contribution in [0.5, 0.6) is 29.5 Å². The van der Waals surface area contributed by atoms with Crippen molar-refractivity contribution in [3.63, 3.8) is 0 Å². The van der Waals surface area contributed by atoms with Crippen LogP contribution < -0.4 is 18.9 Å². The number of rotatable bonds is 13. The normalized spacial score (nSPS) is 10.4. The van der Waals surface area contributed by atoms with Crippen LogP contribution in [-0.4, -0.2) is 27.5 Å². The van der Waals surface area contributed by atoms with Crippen molar-refractivity contribution in [2.45, 2.75) is 46.5 Å². The molecule has 0 atom stereocenters. The number of carbonyl (C=O) groups excluding carboxylic acids is 1. The van der Waals surface area contributed by atoms with Crippen molar-refractivity contribution in [2.75, 3.05) is 6.61 Å². The summed E-state index contributed by atoms with van der Waals surface area (Å²) in [5.41, 5.74) is 2.25. The second kappa shape index (κ2) is 13.0. The molecule has 0 bridgehead atoms. The van der Waals surface area contributed by atoms with Gasteiger partial charge in [-0.3, -0.25) is 0 Å². The number of aromatic nitrogens is 3. The number of carbonyl (C=O) groups is 1. The Hall–Kier alpha value is -4.20. The smallest absolute Gasteiger partial charge is 0.340 e. The molecule has 0 aliphatic heterocycles. The predicted molar refractivity (Wildman–Crippen MR) is 137 cm³/mol. The first-order valence-electron chi connectivity index (χ1n) is 11.8. The van der Waals surface area contributed by atoms with Crippen molar-refractivity contribution in [1.82, 2.24) is 15.0 Å². The van der Waals surface area contributed by atoms with Crippen LogP contribution in [0.4, 0.5) is 0 Å². The van der Waals surface area contributed by atoms with Gasteiger partial charge >= 0.3 is 24.0 Å². The van der Waals surface area contributed by atoms with Gasteiger partial charge in [-0.2, -0.15) is 0 Å². The third-order valence-corrected chi connectivity index (χ3v) is 4.89. The van der Waals surface area contributed by atoms with E-state index in [1.807, 2.05) is 36.4 Å². The number of hydrogen-bond donors (Lipinski definition) is 0. The van der Waals surface area contributed by atoms with Crippen LogP contribution in [0, 0.1) is 0 Å². The summed E-state index contributed by atoms with van der Waals surface area (Å²) in [5.74, 6) is 1.02. The van der Waals surface area contributed by atoms with E-state index in [0.29, 0.717) is 11.5 Å². The molecule has 0 N–H and O–H groups in total. The lowest BCUT2D eigenvalue weighted by atomic mass is 10.1. The van der Waals surface area contributed by atoms with Gasteiger partial charge in [-0.1, -0.05) is 63.6 Å². The standard InChI is InChI=1S/C28H31N3O5/c1-6-7-8-9-18-33-23-14-10-21(11-15-23)22-12-16-24(17-13-22)35-27-29-26(34-20(4)5)30-28(31-27)36-25(32)19(2)3/h10-17H,2,4,6-9,18H2,1,3,5H3. The van der Waals surface area contributed by atoms with Crippen molar-refractivity contribution < 1.29 is 23.7 Å². The summed E-state index contributed by atoms with van der Waals surface area (Å²) in [7, 11) is 0. The van der Waals surface area contributed by atoms with E-state index in [1.54, 1.807) is 19.1 Å². The Morgan fingerprint density at radius 1 is 0.750 bits per heavy atom. The molecule has 1 heterocycles. The van der Waals surface area contributed by atoms with E-state index in [-0.39, 0.29) is 23.6 Å². The minimum absolute atomic E-state index is 0.0982. The van der Waals surface area contributed by atoms with Crippen molar-refractivity contribution in [1.29, 1.82) is 0 Å². The van der Waals surface area contributed by atoms with Gasteiger partial charge in [0, 0.05) is 5.57 Å². The topological polar surface area (TPSA) is 92.7 Å². The number of hydrogen-bond acceptors (Lipinski definition) is 8. The van der Waals surface area contributed by atoms with Crippen molar-refractivity contribution in [3.05, 3.63) is 73.0 Å². The molecule has 8 heteroatoms. The number of esters is 1. The molecule has 3 aromatic rings. The van der Waals surface area contributed by atoms with Crippen molar-refractivity contribution in [2.24, 2.45) is 0 Å². The summed E-state index contributed by atoms with van der Waals surface area (Å²) in [5, 5.41) is 0. The van der Waals surface area contributed by atoms with Crippen LogP contribution in [0.2, 0.25) is 0 Å². The maximum Gasteiger partial charge on any atom is 0.340 e. The van der Waals surface area contributed by atoms with Crippen LogP contribution in [0.15, 0.2) is 73.0 Å². The highest BCUT2D eigenvalue weighted by atomic mass is 16.6. The van der Waals surface area contributed by atoms with E-state index < -0.39 is 5.97 Å². The highest BCUT2D eigenvalue weighted by Crippen LogP contribution is 2.27. The molecule has 0 fully saturated rings. The summed E-state index contributed by atoms with van der Waals surface area (Å²) < 4.78 is 22.0. The SMILES string of the molecule is C=C(C)Oc1nc(OC(=O)C(=C)C)nc(Oc2ccc(-c3ccc(OCCCCCC)cc3)cc2)n1. The summed E-state index contributed by atoms with van der Waals surface area (Å²) in [6, 6.07) is 14.9. The molecule has 1 aromatic heterocycles. The lowest BCUT2D eigenvalue weighted by Gasteiger charge is -2.10. The Labute approximate surface area is 211 Å². The molecule has 0 spiro atoms. The highest BCUT2D eigenvalue weighted by Gasteiger charge is 2.15. The van der Waals surface area contributed by atoms with E-state index in [1.165, 1.54) is 26.2 Å². The van der Waals surface area contributed by atoms with Crippen LogP contribution in [0.3, 0.4) is 0 Å². The van der Waals surface area contributed by atoms with Gasteiger partial charge < -0.3 is 18.9 Å². The lowest BCUT2D eigenvalue weighted by Crippen LogP contribution is -2.12. The van der Waals surface area contributed by atoms with Crippen LogP contribution in [0.25, 0.3) is 11.1 Å². The molecule has 0 saturated carbocycles. The fourth-order valence-electron chi connectivity index (χ4n) is 3.07. The predicted octanol–water partition coefficient (Wildman–Crippen LogP) is 6.68. The van der Waals surface area contributed by atoms with E-state index >= 15 is 0 Å². The molecule has 2 aromatic carbocycles. The maximum absolute atomic E-state index is 11.9. The first-order chi connectivity index (χ1) is 17.3. The number of ether oxygens (including phenoxy) is 4. The molecule has 0 amide bonds. The zero-order valence-electron chi connectivity index (χ0n) is 21.0. The van der Waals surface area contributed by atoms with Gasteiger partial charge in [0.25, 0.3) is 0 Å². The van der Waals surface area contributed by atoms with Gasteiger partial charge in [0.1, 0.15) is 11.5 Å². The number of allylic oxidation sites excluding steroid dienone is 1. The molecule has 188 valence electrons. The number of nitrogens with zero attached hydrogens (tertiary/aromatic N) is 3. The largest absolute Gasteiger partial charge is 0.494 e. The zero-order valence-corrected chi connectivity index (χ0v) is 21.0. The van der Waals surface area contributed by atoms with Gasteiger partial charge in [0.2, 0.25) is 0 Å². The molecule has 0 radical (unpaired) electrons. The Kier molecular flexibility index (Phi) is 9.56. The molecule has 0 saturated heterocycles. The van der Waals surface area contributed by atoms with Crippen molar-refractivity contribution >= 4 is 5.97 Å². The second-order valence-electron chi connectivity index (χ2n) is 8.22. The van der Waals surface area contributed by atoms with Crippen LogP contribution in [-0.2, 0) is 4.79 Å². The van der Waals surface area contributed by atoms with E-state index in [9.17, 15) is 4.79 Å². The van der Waals surface area contributed by atoms with E-state index in [4.69, 9.17) is 18.9 Å². The minimum atomic E-state index is -0.675. The Bertz CT molecular complexity index is 1190. The fourth-order valence-corrected chi connectivity index (χ4v) is 3.07. The summed E-state index contributed by atoms with van der Waals surface area (Å²) in [6.45, 7) is 13.3. The molecule has 0 aliphatic rings. The van der Waals surface area contributed by atoms with Crippen molar-refractivity contribution in [3.8, 4) is 40.7 Å². The highest BCUT2D eigenvalue weighted by molar-refractivity contribution is 5.88. The van der Waals surface area contributed by atoms with Gasteiger partial charge in [0.15, 0.2) is 0 Å². The van der Waals surface area contributed by atoms with Gasteiger partial charge in [-0.05, 0) is 55.7 Å². The Morgan fingerprint density at radius 2 is 1.31 bits per heavy atom. The zero-order chi connectivity index (χ0) is 25.9. The van der Waals surface area contributed by atoms with Gasteiger partial charge in [-0.25, -0.2) is 4.79 Å². The average molecular weight is 490 g/mol. The third-order valence-electron chi connectivity index (χ3n) is 4.89. The van der Waals surface area contributed by atoms with Crippen LogP contribution >= 0.6 is 0 Å². The first-order valence-corrected chi connectivity index (χ1v) is 11.8. The molecule has 0 aliphatic carbocycles. The third kappa shape index (κ3) is 8.23. The van der Waals surface area contributed by atoms with Gasteiger partial charge in [-0.15, -0.1) is 15.0 Å². The molecule has 8 nitrogen and oxygen atoms in total. The Morgan fingerprint density at radius 3 is 1.86 bits per heavy atom. The first kappa shape index (κ1) is 26.4. The number of benzene rings is 2.